The molecule has 1 N–H and O–H groups in total. The van der Waals surface area contributed by atoms with Gasteiger partial charge in [-0.05, 0) is 50.3 Å². The zero-order valence-corrected chi connectivity index (χ0v) is 13.9. The molecule has 0 radical (unpaired) electrons. The number of unbranched alkanes of at least 4 members (excludes halogenated alkanes) is 1. The molecule has 21 heavy (non-hydrogen) atoms. The Bertz CT molecular complexity index is 401. The van der Waals surface area contributed by atoms with E-state index in [0.717, 1.165) is 13.2 Å². The molecule has 0 aliphatic carbocycles. The van der Waals surface area contributed by atoms with E-state index in [-0.39, 0.29) is 0 Å². The van der Waals surface area contributed by atoms with Crippen molar-refractivity contribution in [1.29, 1.82) is 0 Å². The fourth-order valence-corrected chi connectivity index (χ4v) is 3.27. The van der Waals surface area contributed by atoms with Crippen LogP contribution in [0.2, 0.25) is 0 Å². The molecule has 2 heteroatoms. The molecule has 2 rings (SSSR count). The summed E-state index contributed by atoms with van der Waals surface area (Å²) in [7, 11) is 0. The minimum atomic E-state index is 0.360. The molecule has 0 amide bonds. The zero-order valence-electron chi connectivity index (χ0n) is 13.9. The third-order valence-electron chi connectivity index (χ3n) is 4.64. The molecule has 0 aromatic heterocycles. The second kappa shape index (κ2) is 8.55. The lowest BCUT2D eigenvalue weighted by Gasteiger charge is -2.27. The zero-order chi connectivity index (χ0) is 15.1. The highest BCUT2D eigenvalue weighted by atomic mass is 16.5. The third-order valence-corrected chi connectivity index (χ3v) is 4.64. The summed E-state index contributed by atoms with van der Waals surface area (Å²) >= 11 is 0. The minimum absolute atomic E-state index is 0.360. The number of ether oxygens (including phenoxy) is 1. The molecular formula is C19H31NO. The van der Waals surface area contributed by atoms with Crippen LogP contribution in [-0.2, 0) is 11.2 Å². The van der Waals surface area contributed by atoms with Crippen LogP contribution in [0.4, 0.5) is 0 Å². The number of nitrogens with one attached hydrogen (secondary N) is 1. The summed E-state index contributed by atoms with van der Waals surface area (Å²) in [6.07, 6.45) is 6.45. The van der Waals surface area contributed by atoms with Crippen molar-refractivity contribution in [2.45, 2.75) is 65.0 Å². The van der Waals surface area contributed by atoms with Gasteiger partial charge in [-0.15, -0.1) is 0 Å². The van der Waals surface area contributed by atoms with Crippen LogP contribution < -0.4 is 5.32 Å². The monoisotopic (exact) mass is 289 g/mol. The first-order valence-corrected chi connectivity index (χ1v) is 8.70. The summed E-state index contributed by atoms with van der Waals surface area (Å²) < 4.78 is 5.78. The first kappa shape index (κ1) is 16.5. The van der Waals surface area contributed by atoms with Gasteiger partial charge in [-0.3, -0.25) is 0 Å². The molecule has 0 spiro atoms. The van der Waals surface area contributed by atoms with Gasteiger partial charge in [-0.1, -0.05) is 44.5 Å². The van der Waals surface area contributed by atoms with Crippen LogP contribution in [0.5, 0.6) is 0 Å². The third kappa shape index (κ3) is 4.55. The van der Waals surface area contributed by atoms with Crippen molar-refractivity contribution in [3.05, 3.63) is 35.4 Å². The van der Waals surface area contributed by atoms with Crippen LogP contribution in [-0.4, -0.2) is 19.3 Å². The molecular weight excluding hydrogens is 258 g/mol. The van der Waals surface area contributed by atoms with Gasteiger partial charge in [-0.2, -0.15) is 0 Å². The Morgan fingerprint density at radius 1 is 1.19 bits per heavy atom. The highest BCUT2D eigenvalue weighted by molar-refractivity contribution is 5.26. The van der Waals surface area contributed by atoms with E-state index in [1.54, 1.807) is 0 Å². The van der Waals surface area contributed by atoms with Crippen molar-refractivity contribution in [3.8, 4) is 0 Å². The summed E-state index contributed by atoms with van der Waals surface area (Å²) in [4.78, 5) is 0. The lowest BCUT2D eigenvalue weighted by Crippen LogP contribution is -2.32. The van der Waals surface area contributed by atoms with Crippen molar-refractivity contribution in [2.24, 2.45) is 5.92 Å². The van der Waals surface area contributed by atoms with Crippen molar-refractivity contribution in [3.63, 3.8) is 0 Å². The number of aryl methyl sites for hydroxylation is 1. The first-order valence-electron chi connectivity index (χ1n) is 8.70. The van der Waals surface area contributed by atoms with Gasteiger partial charge in [0, 0.05) is 18.6 Å². The largest absolute Gasteiger partial charge is 0.378 e. The second-order valence-corrected chi connectivity index (χ2v) is 6.31. The fourth-order valence-electron chi connectivity index (χ4n) is 3.27. The van der Waals surface area contributed by atoms with Crippen LogP contribution in [0.1, 0.15) is 63.6 Å². The molecule has 1 aromatic rings. The average molecular weight is 289 g/mol. The predicted molar refractivity (Wildman–Crippen MR) is 89.6 cm³/mol. The second-order valence-electron chi connectivity index (χ2n) is 6.31. The summed E-state index contributed by atoms with van der Waals surface area (Å²) in [6, 6.07) is 9.70. The number of rotatable bonds is 8. The minimum Gasteiger partial charge on any atom is -0.378 e. The van der Waals surface area contributed by atoms with E-state index < -0.39 is 0 Å². The van der Waals surface area contributed by atoms with Crippen LogP contribution in [0.15, 0.2) is 24.3 Å². The molecule has 118 valence electrons. The molecule has 0 saturated carbocycles. The smallest absolute Gasteiger partial charge is 0.0594 e. The van der Waals surface area contributed by atoms with Gasteiger partial charge < -0.3 is 10.1 Å². The first-order chi connectivity index (χ1) is 10.3. The Morgan fingerprint density at radius 2 is 1.95 bits per heavy atom. The van der Waals surface area contributed by atoms with Gasteiger partial charge in [0.2, 0.25) is 0 Å². The van der Waals surface area contributed by atoms with Crippen LogP contribution in [0.3, 0.4) is 0 Å². The number of hydrogen-bond acceptors (Lipinski definition) is 2. The Hall–Kier alpha value is -0.860. The molecule has 1 fully saturated rings. The lowest BCUT2D eigenvalue weighted by atomic mass is 9.87. The lowest BCUT2D eigenvalue weighted by molar-refractivity contribution is 0.0954. The van der Waals surface area contributed by atoms with Gasteiger partial charge >= 0.3 is 0 Å². The predicted octanol–water partition coefficient (Wildman–Crippen LogP) is 4.49. The van der Waals surface area contributed by atoms with Crippen LogP contribution >= 0.6 is 0 Å². The summed E-state index contributed by atoms with van der Waals surface area (Å²) in [5.74, 6) is 0.595. The average Bonchev–Trinajstić information content (AvgIpc) is 2.93. The van der Waals surface area contributed by atoms with E-state index >= 15 is 0 Å². The SMILES string of the molecule is CCCCc1ccc(C(NCCC)C2CCOC2C)cc1. The summed E-state index contributed by atoms with van der Waals surface area (Å²) in [6.45, 7) is 8.68. The number of benzene rings is 1. The number of hydrogen-bond donors (Lipinski definition) is 1. The Balaban J connectivity index is 2.08. The maximum absolute atomic E-state index is 5.78. The Labute approximate surface area is 130 Å². The highest BCUT2D eigenvalue weighted by Gasteiger charge is 2.32. The van der Waals surface area contributed by atoms with Gasteiger partial charge in [0.15, 0.2) is 0 Å². The van der Waals surface area contributed by atoms with E-state index in [4.69, 9.17) is 4.74 Å². The van der Waals surface area contributed by atoms with E-state index in [1.807, 2.05) is 0 Å². The molecule has 1 heterocycles. The highest BCUT2D eigenvalue weighted by Crippen LogP contribution is 2.33. The fraction of sp³-hybridized carbons (Fsp3) is 0.684. The van der Waals surface area contributed by atoms with Gasteiger partial charge in [0.05, 0.1) is 6.10 Å². The topological polar surface area (TPSA) is 21.3 Å². The normalized spacial score (nSPS) is 23.4. The molecule has 3 unspecified atom stereocenters. The Morgan fingerprint density at radius 3 is 2.52 bits per heavy atom. The quantitative estimate of drug-likeness (QED) is 0.761. The van der Waals surface area contributed by atoms with E-state index in [9.17, 15) is 0 Å². The molecule has 1 aromatic carbocycles. The molecule has 2 nitrogen and oxygen atoms in total. The van der Waals surface area contributed by atoms with Crippen LogP contribution in [0, 0.1) is 5.92 Å². The van der Waals surface area contributed by atoms with Crippen molar-refractivity contribution < 1.29 is 4.74 Å². The van der Waals surface area contributed by atoms with E-state index in [0.29, 0.717) is 18.1 Å². The molecule has 0 bridgehead atoms. The standard InChI is InChI=1S/C19H31NO/c1-4-6-7-16-8-10-17(11-9-16)19(20-13-5-2)18-12-14-21-15(18)3/h8-11,15,18-20H,4-7,12-14H2,1-3H3. The van der Waals surface area contributed by atoms with Crippen molar-refractivity contribution in [1.82, 2.24) is 5.32 Å². The van der Waals surface area contributed by atoms with E-state index in [2.05, 4.69) is 50.4 Å². The Kier molecular flexibility index (Phi) is 6.72. The molecule has 3 atom stereocenters. The maximum atomic E-state index is 5.78. The van der Waals surface area contributed by atoms with Crippen molar-refractivity contribution >= 4 is 0 Å². The molecule has 1 aliphatic heterocycles. The van der Waals surface area contributed by atoms with Crippen molar-refractivity contribution in [2.75, 3.05) is 13.2 Å². The van der Waals surface area contributed by atoms with Gasteiger partial charge in [-0.25, -0.2) is 0 Å². The summed E-state index contributed by atoms with van der Waals surface area (Å²) in [5.41, 5.74) is 2.89. The van der Waals surface area contributed by atoms with Crippen LogP contribution in [0.25, 0.3) is 0 Å². The van der Waals surface area contributed by atoms with E-state index in [1.165, 1.54) is 43.2 Å². The summed E-state index contributed by atoms with van der Waals surface area (Å²) in [5, 5.41) is 3.74. The maximum Gasteiger partial charge on any atom is 0.0594 e. The molecule has 1 saturated heterocycles. The molecule has 1 aliphatic rings. The van der Waals surface area contributed by atoms with Gasteiger partial charge in [0.1, 0.15) is 0 Å². The van der Waals surface area contributed by atoms with Gasteiger partial charge in [0.25, 0.3) is 0 Å².